The van der Waals surface area contributed by atoms with Gasteiger partial charge in [0.25, 0.3) is 0 Å². The molecule has 38 heavy (non-hydrogen) atoms. The molecular weight excluding hydrogens is 482 g/mol. The Morgan fingerprint density at radius 2 is 1.87 bits per heavy atom. The number of nitrogens with zero attached hydrogens (tertiary/aromatic N) is 1. The lowest BCUT2D eigenvalue weighted by atomic mass is 9.80. The minimum Gasteiger partial charge on any atom is -0.493 e. The first kappa shape index (κ1) is 32.3. The molecule has 0 bridgehead atoms. The summed E-state index contributed by atoms with van der Waals surface area (Å²) in [7, 11) is 5.40. The minimum atomic E-state index is -0.740. The van der Waals surface area contributed by atoms with Crippen LogP contribution in [-0.2, 0) is 16.0 Å². The third kappa shape index (κ3) is 10.4. The van der Waals surface area contributed by atoms with E-state index in [0.29, 0.717) is 37.7 Å². The van der Waals surface area contributed by atoms with Crippen molar-refractivity contribution in [1.29, 1.82) is 0 Å². The summed E-state index contributed by atoms with van der Waals surface area (Å²) in [5.74, 6) is 1.98. The first-order chi connectivity index (χ1) is 18.0. The largest absolute Gasteiger partial charge is 0.493 e. The number of likely N-dealkylation sites (N-methyl/N-ethyl adjacent to an activating group) is 1. The van der Waals surface area contributed by atoms with Crippen molar-refractivity contribution in [3.63, 3.8) is 0 Å². The van der Waals surface area contributed by atoms with Gasteiger partial charge in [-0.15, -0.1) is 0 Å². The molecule has 5 atom stereocenters. The number of hydrogen-bond donors (Lipinski definition) is 3. The first-order valence-electron chi connectivity index (χ1n) is 14.3. The third-order valence-corrected chi connectivity index (χ3v) is 7.86. The molecule has 1 amide bonds. The predicted molar refractivity (Wildman–Crippen MR) is 153 cm³/mol. The fraction of sp³-hybridized carbons (Fsp3) is 0.767. The standard InChI is InChI=1S/C30H53N3O5/c1-20(2)23(15-22-9-10-28(37-7)29(16-22)38-14-8-13-36-6)17-26(31)27(34)18-25(21(3)4)30(35)32-24-11-12-33(5)19-24/h9-10,16,20-21,23-27,34H,8,11-15,17-19,31H2,1-7H3,(H,32,35)/t23?,24-,25?,26?,27?/m0/s1. The molecule has 4 unspecified atom stereocenters. The first-order valence-corrected chi connectivity index (χ1v) is 14.3. The van der Waals surface area contributed by atoms with Crippen LogP contribution < -0.4 is 20.5 Å². The molecule has 0 aliphatic carbocycles. The highest BCUT2D eigenvalue weighted by Gasteiger charge is 2.31. The van der Waals surface area contributed by atoms with Crippen LogP contribution in [0.5, 0.6) is 11.5 Å². The zero-order valence-corrected chi connectivity index (χ0v) is 24.7. The van der Waals surface area contributed by atoms with Gasteiger partial charge in [0.2, 0.25) is 5.91 Å². The summed E-state index contributed by atoms with van der Waals surface area (Å²) >= 11 is 0. The van der Waals surface area contributed by atoms with E-state index in [1.54, 1.807) is 14.2 Å². The molecule has 0 spiro atoms. The maximum atomic E-state index is 13.1. The molecule has 218 valence electrons. The van der Waals surface area contributed by atoms with Crippen LogP contribution in [0, 0.1) is 23.7 Å². The Hall–Kier alpha value is -1.87. The van der Waals surface area contributed by atoms with Crippen molar-refractivity contribution in [3.8, 4) is 11.5 Å². The molecule has 1 aromatic rings. The molecule has 1 aliphatic heterocycles. The number of aliphatic hydroxyl groups is 1. The number of likely N-dealkylation sites (tertiary alicyclic amines) is 1. The second-order valence-electron chi connectivity index (χ2n) is 11.7. The minimum absolute atomic E-state index is 0.0308. The molecule has 1 aliphatic rings. The molecule has 0 saturated carbocycles. The van der Waals surface area contributed by atoms with Crippen molar-refractivity contribution in [2.45, 2.75) is 78.0 Å². The van der Waals surface area contributed by atoms with E-state index in [1.807, 2.05) is 26.0 Å². The molecule has 4 N–H and O–H groups in total. The van der Waals surface area contributed by atoms with Gasteiger partial charge in [-0.1, -0.05) is 33.8 Å². The summed E-state index contributed by atoms with van der Waals surface area (Å²) in [6, 6.07) is 5.84. The van der Waals surface area contributed by atoms with E-state index in [1.165, 1.54) is 0 Å². The van der Waals surface area contributed by atoms with Crippen molar-refractivity contribution in [3.05, 3.63) is 23.8 Å². The lowest BCUT2D eigenvalue weighted by Crippen LogP contribution is -2.45. The van der Waals surface area contributed by atoms with Gasteiger partial charge in [-0.25, -0.2) is 0 Å². The molecule has 8 nitrogen and oxygen atoms in total. The van der Waals surface area contributed by atoms with Crippen molar-refractivity contribution >= 4 is 5.91 Å². The van der Waals surface area contributed by atoms with Crippen LogP contribution in [-0.4, -0.2) is 81.7 Å². The maximum absolute atomic E-state index is 13.1. The summed E-state index contributed by atoms with van der Waals surface area (Å²) in [4.78, 5) is 15.3. The van der Waals surface area contributed by atoms with Gasteiger partial charge in [0.1, 0.15) is 0 Å². The number of nitrogens with one attached hydrogen (secondary N) is 1. The van der Waals surface area contributed by atoms with Crippen LogP contribution in [0.15, 0.2) is 18.2 Å². The highest BCUT2D eigenvalue weighted by molar-refractivity contribution is 5.79. The number of rotatable bonds is 17. The zero-order valence-electron chi connectivity index (χ0n) is 24.7. The number of aliphatic hydroxyl groups excluding tert-OH is 1. The molecule has 1 aromatic carbocycles. The molecule has 1 saturated heterocycles. The highest BCUT2D eigenvalue weighted by atomic mass is 16.5. The smallest absolute Gasteiger partial charge is 0.223 e. The SMILES string of the molecule is COCCCOc1cc(CC(CC(N)C(O)CC(C(=O)N[C@H]2CCN(C)C2)C(C)C)C(C)C)ccc1OC. The van der Waals surface area contributed by atoms with E-state index < -0.39 is 12.1 Å². The number of benzene rings is 1. The number of hydrogen-bond acceptors (Lipinski definition) is 7. The quantitative estimate of drug-likeness (QED) is 0.262. The molecule has 0 aromatic heterocycles. The van der Waals surface area contributed by atoms with Gasteiger partial charge in [0, 0.05) is 44.7 Å². The summed E-state index contributed by atoms with van der Waals surface area (Å²) in [5, 5.41) is 14.3. The van der Waals surface area contributed by atoms with Gasteiger partial charge in [0.05, 0.1) is 19.8 Å². The lowest BCUT2D eigenvalue weighted by molar-refractivity contribution is -0.128. The van der Waals surface area contributed by atoms with E-state index in [-0.39, 0.29) is 29.7 Å². The van der Waals surface area contributed by atoms with Crippen LogP contribution in [0.3, 0.4) is 0 Å². The Bertz CT molecular complexity index is 834. The average molecular weight is 536 g/mol. The van der Waals surface area contributed by atoms with Gasteiger partial charge in [0.15, 0.2) is 11.5 Å². The van der Waals surface area contributed by atoms with Gasteiger partial charge < -0.3 is 35.3 Å². The van der Waals surface area contributed by atoms with Crippen LogP contribution in [0.4, 0.5) is 0 Å². The Morgan fingerprint density at radius 3 is 2.45 bits per heavy atom. The van der Waals surface area contributed by atoms with E-state index in [4.69, 9.17) is 19.9 Å². The number of carbonyl (C=O) groups excluding carboxylic acids is 1. The monoisotopic (exact) mass is 535 g/mol. The topological polar surface area (TPSA) is 106 Å². The maximum Gasteiger partial charge on any atom is 0.223 e. The number of methoxy groups -OCH3 is 2. The lowest BCUT2D eigenvalue weighted by Gasteiger charge is -2.30. The zero-order chi connectivity index (χ0) is 28.2. The number of carbonyl (C=O) groups is 1. The molecule has 2 rings (SSSR count). The number of ether oxygens (including phenoxy) is 3. The molecule has 8 heteroatoms. The summed E-state index contributed by atoms with van der Waals surface area (Å²) in [6.07, 6.45) is 2.90. The highest BCUT2D eigenvalue weighted by Crippen LogP contribution is 2.32. The Balaban J connectivity index is 2.00. The second kappa shape index (κ2) is 16.3. The summed E-state index contributed by atoms with van der Waals surface area (Å²) < 4.78 is 16.6. The Kier molecular flexibility index (Phi) is 13.9. The average Bonchev–Trinajstić information content (AvgIpc) is 3.28. The van der Waals surface area contributed by atoms with Crippen LogP contribution >= 0.6 is 0 Å². The predicted octanol–water partition coefficient (Wildman–Crippen LogP) is 3.49. The van der Waals surface area contributed by atoms with E-state index in [2.05, 4.69) is 37.2 Å². The molecule has 0 radical (unpaired) electrons. The summed E-state index contributed by atoms with van der Waals surface area (Å²) in [5.41, 5.74) is 7.71. The third-order valence-electron chi connectivity index (χ3n) is 7.86. The van der Waals surface area contributed by atoms with E-state index in [0.717, 1.165) is 43.7 Å². The normalized spacial score (nSPS) is 19.4. The fourth-order valence-electron chi connectivity index (χ4n) is 5.22. The van der Waals surface area contributed by atoms with Crippen LogP contribution in [0.2, 0.25) is 0 Å². The second-order valence-corrected chi connectivity index (χ2v) is 11.7. The van der Waals surface area contributed by atoms with Gasteiger partial charge >= 0.3 is 0 Å². The van der Waals surface area contributed by atoms with E-state index >= 15 is 0 Å². The fourth-order valence-corrected chi connectivity index (χ4v) is 5.22. The van der Waals surface area contributed by atoms with Crippen molar-refractivity contribution in [1.82, 2.24) is 10.2 Å². The molecule has 1 fully saturated rings. The van der Waals surface area contributed by atoms with Crippen molar-refractivity contribution in [2.24, 2.45) is 29.4 Å². The number of amides is 1. The number of nitrogens with two attached hydrogens (primary N) is 1. The van der Waals surface area contributed by atoms with E-state index in [9.17, 15) is 9.90 Å². The van der Waals surface area contributed by atoms with Crippen molar-refractivity contribution in [2.75, 3.05) is 47.6 Å². The van der Waals surface area contributed by atoms with Crippen LogP contribution in [0.25, 0.3) is 0 Å². The summed E-state index contributed by atoms with van der Waals surface area (Å²) in [6.45, 7) is 11.5. The van der Waals surface area contributed by atoms with Crippen molar-refractivity contribution < 1.29 is 24.1 Å². The van der Waals surface area contributed by atoms with Gasteiger partial charge in [-0.2, -0.15) is 0 Å². The van der Waals surface area contributed by atoms with Gasteiger partial charge in [-0.3, -0.25) is 4.79 Å². The Morgan fingerprint density at radius 1 is 1.13 bits per heavy atom. The Labute approximate surface area is 230 Å². The van der Waals surface area contributed by atoms with Gasteiger partial charge in [-0.05, 0) is 74.7 Å². The van der Waals surface area contributed by atoms with Crippen LogP contribution in [0.1, 0.15) is 58.9 Å². The molecule has 1 heterocycles. The molecular formula is C30H53N3O5.